The molecule has 1 amide bonds. The summed E-state index contributed by atoms with van der Waals surface area (Å²) in [4.78, 5) is 12.3. The first kappa shape index (κ1) is 18.6. The summed E-state index contributed by atoms with van der Waals surface area (Å²) in [5.74, 6) is 0.280. The summed E-state index contributed by atoms with van der Waals surface area (Å²) < 4.78 is 5.57. The van der Waals surface area contributed by atoms with E-state index in [0.717, 1.165) is 16.9 Å². The molecule has 128 valence electrons. The highest BCUT2D eigenvalue weighted by Gasteiger charge is 2.11. The van der Waals surface area contributed by atoms with E-state index >= 15 is 0 Å². The zero-order valence-corrected chi connectivity index (χ0v) is 15.1. The second-order valence-electron chi connectivity index (χ2n) is 5.82. The lowest BCUT2D eigenvalue weighted by atomic mass is 10.1. The average molecular weight is 355 g/mol. The summed E-state index contributed by atoms with van der Waals surface area (Å²) in [5.41, 5.74) is 2.21. The predicted octanol–water partition coefficient (Wildman–Crippen LogP) is 4.98. The van der Waals surface area contributed by atoms with Gasteiger partial charge in [0.25, 0.3) is 5.91 Å². The number of anilines is 1. The Morgan fingerprint density at radius 3 is 2.48 bits per heavy atom. The average Bonchev–Trinajstić information content (AvgIpc) is 2.56. The molecule has 0 aliphatic carbocycles. The molecule has 0 aliphatic rings. The first-order valence-electron chi connectivity index (χ1n) is 7.85. The number of carbonyl (C=O) groups is 1. The Labute approximate surface area is 152 Å². The minimum Gasteiger partial charge on any atom is -0.491 e. The first-order chi connectivity index (χ1) is 11.9. The van der Waals surface area contributed by atoms with Crippen molar-refractivity contribution in [1.82, 2.24) is 0 Å². The van der Waals surface area contributed by atoms with Crippen LogP contribution in [-0.4, -0.2) is 12.0 Å². The van der Waals surface area contributed by atoms with Gasteiger partial charge in [0.05, 0.1) is 6.10 Å². The Morgan fingerprint density at radius 2 is 1.92 bits per heavy atom. The van der Waals surface area contributed by atoms with Gasteiger partial charge >= 0.3 is 0 Å². The quantitative estimate of drug-likeness (QED) is 0.608. The summed E-state index contributed by atoms with van der Waals surface area (Å²) in [6, 6.07) is 14.3. The topological polar surface area (TPSA) is 62.1 Å². The molecule has 4 nitrogen and oxygen atoms in total. The molecule has 2 rings (SSSR count). The van der Waals surface area contributed by atoms with Crippen LogP contribution in [0.4, 0.5) is 5.69 Å². The van der Waals surface area contributed by atoms with E-state index in [2.05, 4.69) is 5.32 Å². The standard InChI is InChI=1S/C20H19ClN2O2/c1-13(2)25-18-7-4-15(5-8-18)11-16(12-22)20(24)23-19-9-6-17(21)10-14(19)3/h4-11,13H,1-3H3,(H,23,24)/b16-11+. The zero-order valence-electron chi connectivity index (χ0n) is 14.3. The fourth-order valence-corrected chi connectivity index (χ4v) is 2.41. The maximum absolute atomic E-state index is 12.3. The summed E-state index contributed by atoms with van der Waals surface area (Å²) in [5, 5.41) is 12.6. The van der Waals surface area contributed by atoms with Crippen LogP contribution in [0.25, 0.3) is 6.08 Å². The van der Waals surface area contributed by atoms with Gasteiger partial charge in [-0.05, 0) is 68.3 Å². The first-order valence-corrected chi connectivity index (χ1v) is 8.23. The van der Waals surface area contributed by atoms with E-state index in [1.807, 2.05) is 39.0 Å². The summed E-state index contributed by atoms with van der Waals surface area (Å²) in [6.45, 7) is 5.74. The highest BCUT2D eigenvalue weighted by Crippen LogP contribution is 2.21. The molecule has 0 spiro atoms. The highest BCUT2D eigenvalue weighted by atomic mass is 35.5. The van der Waals surface area contributed by atoms with Crippen molar-refractivity contribution in [3.05, 3.63) is 64.2 Å². The summed E-state index contributed by atoms with van der Waals surface area (Å²) >= 11 is 5.91. The molecular weight excluding hydrogens is 336 g/mol. The van der Waals surface area contributed by atoms with Crippen LogP contribution < -0.4 is 10.1 Å². The van der Waals surface area contributed by atoms with Crippen molar-refractivity contribution in [1.29, 1.82) is 5.26 Å². The fraction of sp³-hybridized carbons (Fsp3) is 0.200. The van der Waals surface area contributed by atoms with Gasteiger partial charge in [0.1, 0.15) is 17.4 Å². The molecule has 0 bridgehead atoms. The van der Waals surface area contributed by atoms with Crippen molar-refractivity contribution in [2.24, 2.45) is 0 Å². The van der Waals surface area contributed by atoms with Crippen molar-refractivity contribution < 1.29 is 9.53 Å². The van der Waals surface area contributed by atoms with Crippen molar-refractivity contribution in [2.45, 2.75) is 26.9 Å². The molecule has 0 radical (unpaired) electrons. The minimum absolute atomic E-state index is 0.0203. The van der Waals surface area contributed by atoms with Crippen LogP contribution in [0.1, 0.15) is 25.0 Å². The Bertz CT molecular complexity index is 834. The number of nitrogens with one attached hydrogen (secondary N) is 1. The number of nitriles is 1. The lowest BCUT2D eigenvalue weighted by Crippen LogP contribution is -2.14. The molecule has 5 heteroatoms. The molecular formula is C20H19ClN2O2. The molecule has 25 heavy (non-hydrogen) atoms. The van der Waals surface area contributed by atoms with E-state index in [0.29, 0.717) is 10.7 Å². The molecule has 0 unspecified atom stereocenters. The normalized spacial score (nSPS) is 11.1. The number of nitrogens with zero attached hydrogens (tertiary/aromatic N) is 1. The highest BCUT2D eigenvalue weighted by molar-refractivity contribution is 6.30. The van der Waals surface area contributed by atoms with Crippen LogP contribution >= 0.6 is 11.6 Å². The number of rotatable bonds is 5. The van der Waals surface area contributed by atoms with Crippen LogP contribution in [0.2, 0.25) is 5.02 Å². The third-order valence-electron chi connectivity index (χ3n) is 3.36. The molecule has 0 aliphatic heterocycles. The van der Waals surface area contributed by atoms with Crippen LogP contribution in [-0.2, 0) is 4.79 Å². The molecule has 0 heterocycles. The predicted molar refractivity (Wildman–Crippen MR) is 101 cm³/mol. The summed E-state index contributed by atoms with van der Waals surface area (Å²) in [7, 11) is 0. The monoisotopic (exact) mass is 354 g/mol. The second kappa shape index (κ2) is 8.36. The van der Waals surface area contributed by atoms with Gasteiger partial charge in [-0.3, -0.25) is 4.79 Å². The molecule has 0 aromatic heterocycles. The number of ether oxygens (including phenoxy) is 1. The van der Waals surface area contributed by atoms with Crippen LogP contribution in [0, 0.1) is 18.3 Å². The van der Waals surface area contributed by atoms with Crippen LogP contribution in [0.15, 0.2) is 48.0 Å². The van der Waals surface area contributed by atoms with Gasteiger partial charge in [0, 0.05) is 10.7 Å². The molecule has 0 saturated heterocycles. The van der Waals surface area contributed by atoms with E-state index in [1.54, 1.807) is 36.4 Å². The van der Waals surface area contributed by atoms with E-state index < -0.39 is 5.91 Å². The van der Waals surface area contributed by atoms with Crippen molar-refractivity contribution >= 4 is 29.3 Å². The van der Waals surface area contributed by atoms with E-state index in [9.17, 15) is 10.1 Å². The van der Waals surface area contributed by atoms with Crippen LogP contribution in [0.5, 0.6) is 5.75 Å². The maximum atomic E-state index is 12.3. The Kier molecular flexibility index (Phi) is 6.21. The van der Waals surface area contributed by atoms with Crippen molar-refractivity contribution in [3.8, 4) is 11.8 Å². The second-order valence-corrected chi connectivity index (χ2v) is 6.26. The maximum Gasteiger partial charge on any atom is 0.266 e. The Balaban J connectivity index is 2.16. The van der Waals surface area contributed by atoms with E-state index in [1.165, 1.54) is 0 Å². The number of aryl methyl sites for hydroxylation is 1. The van der Waals surface area contributed by atoms with E-state index in [4.69, 9.17) is 16.3 Å². The number of benzene rings is 2. The van der Waals surface area contributed by atoms with Gasteiger partial charge in [-0.1, -0.05) is 23.7 Å². The molecule has 0 fully saturated rings. The molecule has 2 aromatic rings. The van der Waals surface area contributed by atoms with Gasteiger partial charge < -0.3 is 10.1 Å². The third kappa shape index (κ3) is 5.37. The summed E-state index contributed by atoms with van der Waals surface area (Å²) in [6.07, 6.45) is 1.63. The SMILES string of the molecule is Cc1cc(Cl)ccc1NC(=O)/C(C#N)=C/c1ccc(OC(C)C)cc1. The van der Waals surface area contributed by atoms with Crippen molar-refractivity contribution in [2.75, 3.05) is 5.32 Å². The van der Waals surface area contributed by atoms with Crippen molar-refractivity contribution in [3.63, 3.8) is 0 Å². The van der Waals surface area contributed by atoms with Gasteiger partial charge in [0.15, 0.2) is 0 Å². The van der Waals surface area contributed by atoms with Gasteiger partial charge in [0.2, 0.25) is 0 Å². The third-order valence-corrected chi connectivity index (χ3v) is 3.60. The smallest absolute Gasteiger partial charge is 0.266 e. The lowest BCUT2D eigenvalue weighted by molar-refractivity contribution is -0.112. The lowest BCUT2D eigenvalue weighted by Gasteiger charge is -2.10. The van der Waals surface area contributed by atoms with Crippen LogP contribution in [0.3, 0.4) is 0 Å². The number of amides is 1. The molecule has 1 N–H and O–H groups in total. The van der Waals surface area contributed by atoms with E-state index in [-0.39, 0.29) is 11.7 Å². The largest absolute Gasteiger partial charge is 0.491 e. The number of carbonyl (C=O) groups excluding carboxylic acids is 1. The number of hydrogen-bond acceptors (Lipinski definition) is 3. The van der Waals surface area contributed by atoms with Gasteiger partial charge in [-0.2, -0.15) is 5.26 Å². The number of hydrogen-bond donors (Lipinski definition) is 1. The molecule has 0 atom stereocenters. The number of halogens is 1. The Morgan fingerprint density at radius 1 is 1.24 bits per heavy atom. The van der Waals surface area contributed by atoms with Gasteiger partial charge in [-0.25, -0.2) is 0 Å². The molecule has 0 saturated carbocycles. The minimum atomic E-state index is -0.463. The van der Waals surface area contributed by atoms with Gasteiger partial charge in [-0.15, -0.1) is 0 Å². The zero-order chi connectivity index (χ0) is 18.4. The Hall–Kier alpha value is -2.77. The fourth-order valence-electron chi connectivity index (χ4n) is 2.19. The molecule has 2 aromatic carbocycles.